The predicted molar refractivity (Wildman–Crippen MR) is 174 cm³/mol. The molecule has 1 atom stereocenters. The molecular formula is C37H53FN2O2. The van der Waals surface area contributed by atoms with Gasteiger partial charge in [-0.05, 0) is 54.8 Å². The van der Waals surface area contributed by atoms with Crippen molar-refractivity contribution in [2.45, 2.75) is 123 Å². The smallest absolute Gasteiger partial charge is 0.159 e. The Morgan fingerprint density at radius 3 is 1.60 bits per heavy atom. The fraction of sp³-hybridized carbons (Fsp3) is 0.568. The van der Waals surface area contributed by atoms with E-state index >= 15 is 0 Å². The molecule has 0 saturated carbocycles. The number of aromatic nitrogens is 2. The number of halogens is 1. The van der Waals surface area contributed by atoms with Crippen molar-refractivity contribution in [2.24, 2.45) is 0 Å². The van der Waals surface area contributed by atoms with Crippen molar-refractivity contribution in [3.05, 3.63) is 60.9 Å². The number of hydrogen-bond acceptors (Lipinski definition) is 4. The zero-order valence-electron chi connectivity index (χ0n) is 26.2. The molecule has 5 heteroatoms. The largest absolute Gasteiger partial charge is 0.494 e. The molecule has 0 aliphatic carbocycles. The van der Waals surface area contributed by atoms with Crippen LogP contribution in [0.3, 0.4) is 0 Å². The summed E-state index contributed by atoms with van der Waals surface area (Å²) in [7, 11) is 0. The second-order valence-corrected chi connectivity index (χ2v) is 11.5. The monoisotopic (exact) mass is 576 g/mol. The van der Waals surface area contributed by atoms with Gasteiger partial charge in [-0.1, -0.05) is 116 Å². The molecule has 2 aromatic carbocycles. The summed E-state index contributed by atoms with van der Waals surface area (Å²) < 4.78 is 25.8. The third-order valence-corrected chi connectivity index (χ3v) is 7.77. The standard InChI is InChI=1S/C37H53FN2O2/c1-3-5-7-9-11-12-13-15-17-27-41-35-25-21-32(22-26-35)37-39-28-33(29-40-37)31-19-23-36(24-20-31)42-30-34(38)18-16-14-10-8-6-4-2/h19-26,28-29,34H,3-18,27,30H2,1-2H3. The first kappa shape index (κ1) is 33.6. The molecule has 4 nitrogen and oxygen atoms in total. The molecule has 0 aliphatic heterocycles. The number of unbranched alkanes of at least 4 members (excludes halogenated alkanes) is 13. The van der Waals surface area contributed by atoms with Crippen molar-refractivity contribution in [1.29, 1.82) is 0 Å². The molecule has 1 aromatic heterocycles. The van der Waals surface area contributed by atoms with E-state index in [-0.39, 0.29) is 6.61 Å². The predicted octanol–water partition coefficient (Wildman–Crippen LogP) is 11.2. The van der Waals surface area contributed by atoms with Gasteiger partial charge in [0.15, 0.2) is 5.82 Å². The Hall–Kier alpha value is -2.95. The average molecular weight is 577 g/mol. The molecule has 0 amide bonds. The van der Waals surface area contributed by atoms with Crippen LogP contribution in [0.15, 0.2) is 60.9 Å². The highest BCUT2D eigenvalue weighted by molar-refractivity contribution is 5.64. The normalized spacial score (nSPS) is 11.9. The first-order chi connectivity index (χ1) is 20.7. The lowest BCUT2D eigenvalue weighted by Crippen LogP contribution is -2.12. The summed E-state index contributed by atoms with van der Waals surface area (Å²) in [5.74, 6) is 2.25. The maximum Gasteiger partial charge on any atom is 0.159 e. The Morgan fingerprint density at radius 2 is 1.02 bits per heavy atom. The van der Waals surface area contributed by atoms with Crippen LogP contribution in [0.5, 0.6) is 11.5 Å². The minimum atomic E-state index is -0.919. The Labute approximate surface area is 254 Å². The van der Waals surface area contributed by atoms with Gasteiger partial charge in [-0.3, -0.25) is 0 Å². The van der Waals surface area contributed by atoms with Crippen molar-refractivity contribution in [2.75, 3.05) is 13.2 Å². The van der Waals surface area contributed by atoms with Crippen LogP contribution in [-0.4, -0.2) is 29.4 Å². The summed E-state index contributed by atoms with van der Waals surface area (Å²) in [5, 5.41) is 0. The van der Waals surface area contributed by atoms with Crippen LogP contribution in [-0.2, 0) is 0 Å². The third kappa shape index (κ3) is 13.4. The number of benzene rings is 2. The van der Waals surface area contributed by atoms with Gasteiger partial charge in [0.25, 0.3) is 0 Å². The van der Waals surface area contributed by atoms with Gasteiger partial charge in [-0.2, -0.15) is 0 Å². The average Bonchev–Trinajstić information content (AvgIpc) is 3.03. The lowest BCUT2D eigenvalue weighted by Gasteiger charge is -2.11. The molecule has 0 N–H and O–H groups in total. The first-order valence-corrected chi connectivity index (χ1v) is 16.6. The number of ether oxygens (including phenoxy) is 2. The summed E-state index contributed by atoms with van der Waals surface area (Å²) in [6, 6.07) is 15.7. The maximum atomic E-state index is 14.2. The van der Waals surface area contributed by atoms with Crippen molar-refractivity contribution < 1.29 is 13.9 Å². The summed E-state index contributed by atoms with van der Waals surface area (Å²) in [5.41, 5.74) is 2.89. The van der Waals surface area contributed by atoms with Crippen LogP contribution < -0.4 is 9.47 Å². The molecule has 0 saturated heterocycles. The molecule has 0 spiro atoms. The summed E-state index contributed by atoms with van der Waals surface area (Å²) in [6.45, 7) is 5.34. The second kappa shape index (κ2) is 20.9. The molecule has 230 valence electrons. The fourth-order valence-electron chi connectivity index (χ4n) is 5.09. The molecule has 3 aromatic rings. The Morgan fingerprint density at radius 1 is 0.548 bits per heavy atom. The fourth-order valence-corrected chi connectivity index (χ4v) is 5.09. The van der Waals surface area contributed by atoms with E-state index in [1.165, 1.54) is 77.0 Å². The number of nitrogens with zero attached hydrogens (tertiary/aromatic N) is 2. The molecule has 0 aliphatic rings. The minimum absolute atomic E-state index is 0.106. The van der Waals surface area contributed by atoms with Crippen molar-refractivity contribution in [3.8, 4) is 34.0 Å². The quantitative estimate of drug-likeness (QED) is 0.105. The SMILES string of the molecule is CCCCCCCCCCCOc1ccc(-c2ncc(-c3ccc(OCC(F)CCCCCCCC)cc3)cn2)cc1. The highest BCUT2D eigenvalue weighted by Gasteiger charge is 2.09. The first-order valence-electron chi connectivity index (χ1n) is 16.6. The summed E-state index contributed by atoms with van der Waals surface area (Å²) in [6.07, 6.45) is 22.1. The van der Waals surface area contributed by atoms with E-state index < -0.39 is 6.17 Å². The van der Waals surface area contributed by atoms with E-state index in [0.717, 1.165) is 48.3 Å². The number of rotatable bonds is 23. The third-order valence-electron chi connectivity index (χ3n) is 7.77. The van der Waals surface area contributed by atoms with E-state index in [9.17, 15) is 4.39 Å². The Kier molecular flexibility index (Phi) is 16.7. The summed E-state index contributed by atoms with van der Waals surface area (Å²) >= 11 is 0. The molecule has 1 unspecified atom stereocenters. The minimum Gasteiger partial charge on any atom is -0.494 e. The van der Waals surface area contributed by atoms with Crippen molar-refractivity contribution in [3.63, 3.8) is 0 Å². The van der Waals surface area contributed by atoms with E-state index in [2.05, 4.69) is 23.8 Å². The van der Waals surface area contributed by atoms with E-state index in [0.29, 0.717) is 18.0 Å². The van der Waals surface area contributed by atoms with Crippen LogP contribution in [0.1, 0.15) is 117 Å². The van der Waals surface area contributed by atoms with Crippen molar-refractivity contribution in [1.82, 2.24) is 9.97 Å². The molecule has 0 bridgehead atoms. The highest BCUT2D eigenvalue weighted by Crippen LogP contribution is 2.25. The van der Waals surface area contributed by atoms with E-state index in [4.69, 9.17) is 9.47 Å². The van der Waals surface area contributed by atoms with Crippen LogP contribution >= 0.6 is 0 Å². The Bertz CT molecular complexity index is 1070. The topological polar surface area (TPSA) is 44.2 Å². The van der Waals surface area contributed by atoms with Gasteiger partial charge < -0.3 is 9.47 Å². The summed E-state index contributed by atoms with van der Waals surface area (Å²) in [4.78, 5) is 9.17. The lowest BCUT2D eigenvalue weighted by atomic mass is 10.1. The van der Waals surface area contributed by atoms with E-state index in [1.807, 2.05) is 60.9 Å². The van der Waals surface area contributed by atoms with Crippen LogP contribution in [0.4, 0.5) is 4.39 Å². The lowest BCUT2D eigenvalue weighted by molar-refractivity contribution is 0.184. The van der Waals surface area contributed by atoms with Crippen molar-refractivity contribution >= 4 is 0 Å². The van der Waals surface area contributed by atoms with Gasteiger partial charge in [-0.25, -0.2) is 14.4 Å². The zero-order valence-corrected chi connectivity index (χ0v) is 26.2. The molecule has 1 heterocycles. The molecule has 0 fully saturated rings. The van der Waals surface area contributed by atoms with Gasteiger partial charge >= 0.3 is 0 Å². The maximum absolute atomic E-state index is 14.2. The number of hydrogen-bond donors (Lipinski definition) is 0. The van der Waals surface area contributed by atoms with Gasteiger partial charge in [0.05, 0.1) is 6.61 Å². The molecule has 3 rings (SSSR count). The zero-order chi connectivity index (χ0) is 29.7. The van der Waals surface area contributed by atoms with E-state index in [1.54, 1.807) is 0 Å². The second-order valence-electron chi connectivity index (χ2n) is 11.5. The van der Waals surface area contributed by atoms with Gasteiger partial charge in [0, 0.05) is 23.5 Å². The molecule has 42 heavy (non-hydrogen) atoms. The van der Waals surface area contributed by atoms with Gasteiger partial charge in [0.2, 0.25) is 0 Å². The van der Waals surface area contributed by atoms with Gasteiger partial charge in [0.1, 0.15) is 24.3 Å². The molecular weight excluding hydrogens is 523 g/mol. The highest BCUT2D eigenvalue weighted by atomic mass is 19.1. The van der Waals surface area contributed by atoms with Gasteiger partial charge in [-0.15, -0.1) is 0 Å². The molecule has 0 radical (unpaired) electrons. The number of alkyl halides is 1. The van der Waals surface area contributed by atoms with Crippen LogP contribution in [0.25, 0.3) is 22.5 Å². The van der Waals surface area contributed by atoms with Crippen LogP contribution in [0.2, 0.25) is 0 Å². The van der Waals surface area contributed by atoms with Crippen LogP contribution in [0, 0.1) is 0 Å². The Balaban J connectivity index is 1.34.